The fourth-order valence-electron chi connectivity index (χ4n) is 5.74. The molecule has 0 radical (unpaired) electrons. The molecule has 1 aliphatic heterocycles. The quantitative estimate of drug-likeness (QED) is 0.369. The second-order valence-corrected chi connectivity index (χ2v) is 10.1. The molecule has 1 aromatic carbocycles. The SMILES string of the molecule is CCC(C1OC12CCC(C(C)(C)CC)CC2C)N(CC)c1ccc(N=N)c(C)c1. The summed E-state index contributed by atoms with van der Waals surface area (Å²) in [6, 6.07) is 6.66. The van der Waals surface area contributed by atoms with E-state index in [-0.39, 0.29) is 5.60 Å². The van der Waals surface area contributed by atoms with Gasteiger partial charge in [-0.25, -0.2) is 5.53 Å². The average Bonchev–Trinajstić information content (AvgIpc) is 3.42. The van der Waals surface area contributed by atoms with Crippen molar-refractivity contribution in [3.63, 3.8) is 0 Å². The van der Waals surface area contributed by atoms with Crippen LogP contribution < -0.4 is 4.90 Å². The van der Waals surface area contributed by atoms with E-state index in [9.17, 15) is 0 Å². The summed E-state index contributed by atoms with van der Waals surface area (Å²) < 4.78 is 6.59. The van der Waals surface area contributed by atoms with Crippen LogP contribution >= 0.6 is 0 Å². The summed E-state index contributed by atoms with van der Waals surface area (Å²) >= 11 is 0. The van der Waals surface area contributed by atoms with Crippen LogP contribution in [0.1, 0.15) is 79.2 Å². The summed E-state index contributed by atoms with van der Waals surface area (Å²) in [4.78, 5) is 2.51. The van der Waals surface area contributed by atoms with Gasteiger partial charge >= 0.3 is 0 Å². The van der Waals surface area contributed by atoms with Gasteiger partial charge in [-0.05, 0) is 80.5 Å². The third-order valence-corrected chi connectivity index (χ3v) is 8.28. The largest absolute Gasteiger partial charge is 0.366 e. The number of ether oxygens (including phenoxy) is 1. The Morgan fingerprint density at radius 3 is 2.55 bits per heavy atom. The van der Waals surface area contributed by atoms with E-state index in [0.717, 1.165) is 30.1 Å². The molecule has 162 valence electrons. The Bertz CT molecular complexity index is 731. The molecule has 5 unspecified atom stereocenters. The highest BCUT2D eigenvalue weighted by Gasteiger charge is 2.64. The lowest BCUT2D eigenvalue weighted by atomic mass is 9.63. The second kappa shape index (κ2) is 8.37. The van der Waals surface area contributed by atoms with Gasteiger partial charge in [0.05, 0.1) is 17.3 Å². The minimum Gasteiger partial charge on any atom is -0.366 e. The standard InChI is InChI=1S/C25H41N3O/c1-8-22(28(10-3)20-11-12-21(27-26)17(4)15-20)23-25(29-23)14-13-19(16-18(25)5)24(6,7)9-2/h11-12,15,18-19,22-23,26H,8-10,13-14,16H2,1-7H3. The smallest absolute Gasteiger partial charge is 0.108 e. The first kappa shape index (κ1) is 22.3. The number of epoxide rings is 1. The number of nitrogens with one attached hydrogen (secondary N) is 1. The van der Waals surface area contributed by atoms with Gasteiger partial charge in [0.2, 0.25) is 0 Å². The number of benzene rings is 1. The molecule has 0 amide bonds. The van der Waals surface area contributed by atoms with Gasteiger partial charge < -0.3 is 9.64 Å². The fourth-order valence-corrected chi connectivity index (χ4v) is 5.74. The second-order valence-electron chi connectivity index (χ2n) is 10.1. The van der Waals surface area contributed by atoms with Crippen molar-refractivity contribution < 1.29 is 4.74 Å². The van der Waals surface area contributed by atoms with Crippen molar-refractivity contribution in [3.05, 3.63) is 23.8 Å². The molecule has 1 saturated carbocycles. The lowest BCUT2D eigenvalue weighted by Gasteiger charge is -2.42. The monoisotopic (exact) mass is 399 g/mol. The van der Waals surface area contributed by atoms with Gasteiger partial charge in [-0.3, -0.25) is 0 Å². The first-order valence-electron chi connectivity index (χ1n) is 11.7. The highest BCUT2D eigenvalue weighted by molar-refractivity contribution is 5.58. The Hall–Kier alpha value is -1.42. The molecule has 4 nitrogen and oxygen atoms in total. The molecule has 1 aliphatic carbocycles. The van der Waals surface area contributed by atoms with Crippen LogP contribution in [0.25, 0.3) is 0 Å². The van der Waals surface area contributed by atoms with E-state index in [1.54, 1.807) is 0 Å². The topological polar surface area (TPSA) is 52.0 Å². The number of likely N-dealkylation sites (N-methyl/N-ethyl adjacent to an activating group) is 1. The molecule has 1 spiro atoms. The summed E-state index contributed by atoms with van der Waals surface area (Å²) in [5.41, 5.74) is 10.9. The van der Waals surface area contributed by atoms with Crippen molar-refractivity contribution in [2.45, 2.75) is 98.3 Å². The first-order chi connectivity index (χ1) is 13.7. The van der Waals surface area contributed by atoms with Crippen LogP contribution in [-0.2, 0) is 4.74 Å². The predicted molar refractivity (Wildman–Crippen MR) is 121 cm³/mol. The Morgan fingerprint density at radius 2 is 2.03 bits per heavy atom. The van der Waals surface area contributed by atoms with Crippen molar-refractivity contribution in [1.29, 1.82) is 5.53 Å². The minimum atomic E-state index is 0.0832. The van der Waals surface area contributed by atoms with Crippen molar-refractivity contribution in [2.24, 2.45) is 22.4 Å². The molecular weight excluding hydrogens is 358 g/mol. The van der Waals surface area contributed by atoms with Crippen molar-refractivity contribution >= 4 is 11.4 Å². The molecular formula is C25H41N3O. The number of aryl methyl sites for hydroxylation is 1. The molecule has 5 atom stereocenters. The predicted octanol–water partition coefficient (Wildman–Crippen LogP) is 7.27. The summed E-state index contributed by atoms with van der Waals surface area (Å²) in [5, 5.41) is 3.63. The molecule has 2 fully saturated rings. The van der Waals surface area contributed by atoms with Crippen molar-refractivity contribution in [2.75, 3.05) is 11.4 Å². The molecule has 29 heavy (non-hydrogen) atoms. The van der Waals surface area contributed by atoms with Crippen LogP contribution in [0.2, 0.25) is 0 Å². The number of nitrogens with zero attached hydrogens (tertiary/aromatic N) is 2. The Morgan fingerprint density at radius 1 is 1.31 bits per heavy atom. The molecule has 1 N–H and O–H groups in total. The van der Waals surface area contributed by atoms with E-state index >= 15 is 0 Å². The summed E-state index contributed by atoms with van der Waals surface area (Å²) in [6.45, 7) is 17.2. The number of anilines is 1. The van der Waals surface area contributed by atoms with Crippen LogP contribution in [-0.4, -0.2) is 24.3 Å². The summed E-state index contributed by atoms with van der Waals surface area (Å²) in [6.07, 6.45) is 6.45. The van der Waals surface area contributed by atoms with Gasteiger partial charge in [0.15, 0.2) is 0 Å². The minimum absolute atomic E-state index is 0.0832. The van der Waals surface area contributed by atoms with Gasteiger partial charge in [-0.1, -0.05) is 41.0 Å². The molecule has 1 heterocycles. The van der Waals surface area contributed by atoms with E-state index in [2.05, 4.69) is 63.7 Å². The van der Waals surface area contributed by atoms with Crippen LogP contribution in [0.4, 0.5) is 11.4 Å². The summed E-state index contributed by atoms with van der Waals surface area (Å²) in [7, 11) is 0. The average molecular weight is 400 g/mol. The molecule has 0 bridgehead atoms. The lowest BCUT2D eigenvalue weighted by Crippen LogP contribution is -2.45. The van der Waals surface area contributed by atoms with Crippen molar-refractivity contribution in [1.82, 2.24) is 0 Å². The lowest BCUT2D eigenvalue weighted by molar-refractivity contribution is 0.0676. The third kappa shape index (κ3) is 3.97. The Labute approximate surface area is 177 Å². The molecule has 1 aromatic rings. The zero-order valence-electron chi connectivity index (χ0n) is 19.6. The molecule has 4 heteroatoms. The Balaban J connectivity index is 1.77. The van der Waals surface area contributed by atoms with E-state index in [0.29, 0.717) is 23.5 Å². The van der Waals surface area contributed by atoms with Crippen LogP contribution in [0.5, 0.6) is 0 Å². The Kier molecular flexibility index (Phi) is 6.43. The number of hydrogen-bond acceptors (Lipinski definition) is 4. The van der Waals surface area contributed by atoms with E-state index in [4.69, 9.17) is 10.3 Å². The van der Waals surface area contributed by atoms with Gasteiger partial charge in [-0.15, -0.1) is 0 Å². The highest BCUT2D eigenvalue weighted by Crippen LogP contribution is 2.58. The van der Waals surface area contributed by atoms with Gasteiger partial charge in [-0.2, -0.15) is 5.11 Å². The van der Waals surface area contributed by atoms with Crippen LogP contribution in [0.3, 0.4) is 0 Å². The van der Waals surface area contributed by atoms with E-state index < -0.39 is 0 Å². The molecule has 3 rings (SSSR count). The van der Waals surface area contributed by atoms with E-state index in [1.165, 1.54) is 31.4 Å². The highest BCUT2D eigenvalue weighted by atomic mass is 16.6. The van der Waals surface area contributed by atoms with Gasteiger partial charge in [0.1, 0.15) is 6.10 Å². The zero-order valence-corrected chi connectivity index (χ0v) is 19.6. The maximum atomic E-state index is 7.32. The molecule has 0 aromatic heterocycles. The van der Waals surface area contributed by atoms with E-state index in [1.807, 2.05) is 13.0 Å². The maximum Gasteiger partial charge on any atom is 0.108 e. The van der Waals surface area contributed by atoms with Crippen LogP contribution in [0.15, 0.2) is 23.3 Å². The number of rotatable bonds is 8. The van der Waals surface area contributed by atoms with Crippen LogP contribution in [0, 0.1) is 29.7 Å². The first-order valence-corrected chi connectivity index (χ1v) is 11.7. The third-order valence-electron chi connectivity index (χ3n) is 8.28. The van der Waals surface area contributed by atoms with Gasteiger partial charge in [0, 0.05) is 12.2 Å². The molecule has 2 aliphatic rings. The fraction of sp³-hybridized carbons (Fsp3) is 0.760. The zero-order chi connectivity index (χ0) is 21.4. The van der Waals surface area contributed by atoms with Gasteiger partial charge in [0.25, 0.3) is 0 Å². The normalized spacial score (nSPS) is 30.2. The maximum absolute atomic E-state index is 7.32. The number of hydrogen-bond donors (Lipinski definition) is 1. The van der Waals surface area contributed by atoms with Crippen molar-refractivity contribution in [3.8, 4) is 0 Å². The molecule has 1 saturated heterocycles. The summed E-state index contributed by atoms with van der Waals surface area (Å²) in [5.74, 6) is 1.43.